The molecule has 0 bridgehead atoms. The summed E-state index contributed by atoms with van der Waals surface area (Å²) in [5.74, 6) is 0. The molecule has 1 rings (SSSR count). The summed E-state index contributed by atoms with van der Waals surface area (Å²) in [7, 11) is 1.88. The highest BCUT2D eigenvalue weighted by Gasteiger charge is 2.01. The highest BCUT2D eigenvalue weighted by Crippen LogP contribution is 2.25. The van der Waals surface area contributed by atoms with Crippen LogP contribution < -0.4 is 10.6 Å². The van der Waals surface area contributed by atoms with Gasteiger partial charge in [0.15, 0.2) is 0 Å². The van der Waals surface area contributed by atoms with Gasteiger partial charge in [-0.15, -0.1) is 0 Å². The molecule has 13 heavy (non-hydrogen) atoms. The van der Waals surface area contributed by atoms with Crippen molar-refractivity contribution in [1.29, 1.82) is 0 Å². The van der Waals surface area contributed by atoms with Gasteiger partial charge in [0.1, 0.15) is 0 Å². The van der Waals surface area contributed by atoms with Crippen LogP contribution >= 0.6 is 23.2 Å². The summed E-state index contributed by atoms with van der Waals surface area (Å²) in [6.45, 7) is 2.02. The summed E-state index contributed by atoms with van der Waals surface area (Å²) in [4.78, 5) is 0. The molecule has 2 nitrogen and oxygen atoms in total. The van der Waals surface area contributed by atoms with E-state index >= 15 is 0 Å². The third-order valence-electron chi connectivity index (χ3n) is 1.74. The zero-order valence-corrected chi connectivity index (χ0v) is 9.08. The quantitative estimate of drug-likeness (QED) is 0.763. The van der Waals surface area contributed by atoms with Crippen LogP contribution in [0.1, 0.15) is 6.92 Å². The van der Waals surface area contributed by atoms with Crippen molar-refractivity contribution < 1.29 is 0 Å². The van der Waals surface area contributed by atoms with Gasteiger partial charge in [0.25, 0.3) is 0 Å². The van der Waals surface area contributed by atoms with Crippen LogP contribution in [0.5, 0.6) is 0 Å². The highest BCUT2D eigenvalue weighted by molar-refractivity contribution is 6.42. The predicted molar refractivity (Wildman–Crippen MR) is 58.6 cm³/mol. The fourth-order valence-corrected chi connectivity index (χ4v) is 1.21. The van der Waals surface area contributed by atoms with Crippen molar-refractivity contribution in [3.63, 3.8) is 0 Å². The lowest BCUT2D eigenvalue weighted by atomic mass is 10.3. The average molecular weight is 219 g/mol. The molecule has 2 N–H and O–H groups in total. The lowest BCUT2D eigenvalue weighted by Crippen LogP contribution is -2.29. The van der Waals surface area contributed by atoms with Gasteiger partial charge in [-0.25, -0.2) is 0 Å². The van der Waals surface area contributed by atoms with Crippen molar-refractivity contribution in [1.82, 2.24) is 5.32 Å². The average Bonchev–Trinajstić information content (AvgIpc) is 2.11. The molecule has 0 heterocycles. The summed E-state index contributed by atoms with van der Waals surface area (Å²) >= 11 is 11.6. The molecule has 0 saturated heterocycles. The van der Waals surface area contributed by atoms with Gasteiger partial charge in [0.2, 0.25) is 0 Å². The van der Waals surface area contributed by atoms with Crippen molar-refractivity contribution >= 4 is 28.9 Å². The third kappa shape index (κ3) is 3.07. The zero-order chi connectivity index (χ0) is 9.84. The largest absolute Gasteiger partial charge is 0.370 e. The summed E-state index contributed by atoms with van der Waals surface area (Å²) < 4.78 is 0. The molecule has 0 saturated carbocycles. The molecular formula is C9H12Cl2N2. The molecule has 4 heteroatoms. The number of hydrogen-bond donors (Lipinski definition) is 2. The first-order valence-corrected chi connectivity index (χ1v) is 4.78. The Morgan fingerprint density at radius 2 is 1.92 bits per heavy atom. The Morgan fingerprint density at radius 3 is 2.46 bits per heavy atom. The fraction of sp³-hybridized carbons (Fsp3) is 0.333. The first-order valence-electron chi connectivity index (χ1n) is 4.02. The summed E-state index contributed by atoms with van der Waals surface area (Å²) in [5, 5.41) is 7.40. The highest BCUT2D eigenvalue weighted by atomic mass is 35.5. The van der Waals surface area contributed by atoms with E-state index in [-0.39, 0.29) is 6.17 Å². The van der Waals surface area contributed by atoms with E-state index in [1.165, 1.54) is 0 Å². The molecule has 1 unspecified atom stereocenters. The maximum Gasteiger partial charge on any atom is 0.0736 e. The Hall–Kier alpha value is -0.440. The molecule has 0 fully saturated rings. The number of halogens is 2. The van der Waals surface area contributed by atoms with Gasteiger partial charge in [0, 0.05) is 5.69 Å². The summed E-state index contributed by atoms with van der Waals surface area (Å²) in [6, 6.07) is 5.47. The van der Waals surface area contributed by atoms with Crippen LogP contribution in [-0.2, 0) is 0 Å². The number of nitrogens with one attached hydrogen (secondary N) is 2. The molecule has 0 aliphatic heterocycles. The van der Waals surface area contributed by atoms with Crippen LogP contribution in [0.3, 0.4) is 0 Å². The van der Waals surface area contributed by atoms with Crippen molar-refractivity contribution in [3.05, 3.63) is 28.2 Å². The maximum absolute atomic E-state index is 5.85. The van der Waals surface area contributed by atoms with Crippen LogP contribution in [0.2, 0.25) is 10.0 Å². The molecule has 0 aliphatic rings. The molecule has 1 aromatic carbocycles. The Kier molecular flexibility index (Phi) is 3.85. The number of benzene rings is 1. The van der Waals surface area contributed by atoms with E-state index in [1.807, 2.05) is 20.0 Å². The molecular weight excluding hydrogens is 207 g/mol. The molecule has 0 spiro atoms. The van der Waals surface area contributed by atoms with Gasteiger partial charge >= 0.3 is 0 Å². The van der Waals surface area contributed by atoms with Crippen LogP contribution in [0.25, 0.3) is 0 Å². The standard InChI is InChI=1S/C9H12Cl2N2/c1-6(12-2)13-7-3-4-8(10)9(11)5-7/h3-6,12-13H,1-2H3. The minimum Gasteiger partial charge on any atom is -0.370 e. The second-order valence-electron chi connectivity index (χ2n) is 2.78. The minimum atomic E-state index is 0.206. The Labute approximate surface area is 88.2 Å². The van der Waals surface area contributed by atoms with Crippen molar-refractivity contribution in [3.8, 4) is 0 Å². The number of hydrogen-bond acceptors (Lipinski definition) is 2. The fourth-order valence-electron chi connectivity index (χ4n) is 0.908. The lowest BCUT2D eigenvalue weighted by Gasteiger charge is -2.14. The van der Waals surface area contributed by atoms with Gasteiger partial charge < -0.3 is 10.6 Å². The normalized spacial score (nSPS) is 12.6. The lowest BCUT2D eigenvalue weighted by molar-refractivity contribution is 0.682. The van der Waals surface area contributed by atoms with E-state index in [4.69, 9.17) is 23.2 Å². The Balaban J connectivity index is 2.73. The van der Waals surface area contributed by atoms with Gasteiger partial charge in [-0.2, -0.15) is 0 Å². The summed E-state index contributed by atoms with van der Waals surface area (Å²) in [6.07, 6.45) is 0.206. The number of anilines is 1. The Morgan fingerprint density at radius 1 is 1.23 bits per heavy atom. The van der Waals surface area contributed by atoms with E-state index in [0.29, 0.717) is 10.0 Å². The zero-order valence-electron chi connectivity index (χ0n) is 7.57. The first kappa shape index (κ1) is 10.6. The van der Waals surface area contributed by atoms with Crippen LogP contribution in [0, 0.1) is 0 Å². The van der Waals surface area contributed by atoms with E-state index in [0.717, 1.165) is 5.69 Å². The van der Waals surface area contributed by atoms with E-state index in [9.17, 15) is 0 Å². The monoisotopic (exact) mass is 218 g/mol. The van der Waals surface area contributed by atoms with Crippen LogP contribution in [0.4, 0.5) is 5.69 Å². The molecule has 1 aromatic rings. The van der Waals surface area contributed by atoms with Gasteiger partial charge in [0.05, 0.1) is 16.2 Å². The van der Waals surface area contributed by atoms with Gasteiger partial charge in [-0.05, 0) is 32.2 Å². The summed E-state index contributed by atoms with van der Waals surface area (Å²) in [5.41, 5.74) is 0.955. The number of rotatable bonds is 3. The molecule has 0 radical (unpaired) electrons. The van der Waals surface area contributed by atoms with Crippen molar-refractivity contribution in [2.75, 3.05) is 12.4 Å². The second kappa shape index (κ2) is 4.70. The SMILES string of the molecule is CNC(C)Nc1ccc(Cl)c(Cl)c1. The smallest absolute Gasteiger partial charge is 0.0736 e. The van der Waals surface area contributed by atoms with Gasteiger partial charge in [-0.3, -0.25) is 0 Å². The van der Waals surface area contributed by atoms with E-state index < -0.39 is 0 Å². The molecule has 1 atom stereocenters. The molecule has 0 aliphatic carbocycles. The predicted octanol–water partition coefficient (Wildman–Crippen LogP) is 2.97. The second-order valence-corrected chi connectivity index (χ2v) is 3.60. The van der Waals surface area contributed by atoms with E-state index in [2.05, 4.69) is 10.6 Å². The molecule has 0 amide bonds. The molecule has 72 valence electrons. The van der Waals surface area contributed by atoms with Crippen molar-refractivity contribution in [2.45, 2.75) is 13.1 Å². The van der Waals surface area contributed by atoms with Crippen LogP contribution in [-0.4, -0.2) is 13.2 Å². The topological polar surface area (TPSA) is 24.1 Å². The third-order valence-corrected chi connectivity index (χ3v) is 2.47. The first-order chi connectivity index (χ1) is 6.13. The van der Waals surface area contributed by atoms with E-state index in [1.54, 1.807) is 12.1 Å². The molecule has 0 aromatic heterocycles. The Bertz CT molecular complexity index is 289. The maximum atomic E-state index is 5.85. The van der Waals surface area contributed by atoms with Crippen LogP contribution in [0.15, 0.2) is 18.2 Å². The minimum absolute atomic E-state index is 0.206. The van der Waals surface area contributed by atoms with Crippen molar-refractivity contribution in [2.24, 2.45) is 0 Å². The van der Waals surface area contributed by atoms with Gasteiger partial charge in [-0.1, -0.05) is 23.2 Å².